The van der Waals surface area contributed by atoms with Crippen molar-refractivity contribution in [1.82, 2.24) is 9.88 Å². The molecule has 0 saturated carbocycles. The van der Waals surface area contributed by atoms with Gasteiger partial charge in [-0.1, -0.05) is 35.9 Å². The van der Waals surface area contributed by atoms with Crippen LogP contribution in [0.15, 0.2) is 85.4 Å². The maximum atomic E-state index is 13.9. The van der Waals surface area contributed by atoms with Crippen molar-refractivity contribution in [3.8, 4) is 28.0 Å². The summed E-state index contributed by atoms with van der Waals surface area (Å²) in [5.74, 6) is 0.991. The summed E-state index contributed by atoms with van der Waals surface area (Å²) in [6.07, 6.45) is -2.83. The lowest BCUT2D eigenvalue weighted by Crippen LogP contribution is -2.28. The van der Waals surface area contributed by atoms with Gasteiger partial charge in [-0.3, -0.25) is 9.78 Å². The summed E-state index contributed by atoms with van der Waals surface area (Å²) in [7, 11) is 1.57. The van der Waals surface area contributed by atoms with Crippen LogP contribution in [0.3, 0.4) is 0 Å². The Kier molecular flexibility index (Phi) is 9.67. The van der Waals surface area contributed by atoms with Gasteiger partial charge < -0.3 is 20.1 Å². The average Bonchev–Trinajstić information content (AvgIpc) is 3.25. The molecule has 5 rings (SSSR count). The molecule has 3 aromatic carbocycles. The van der Waals surface area contributed by atoms with Gasteiger partial charge in [-0.15, -0.1) is 0 Å². The molecule has 1 saturated heterocycles. The van der Waals surface area contributed by atoms with E-state index < -0.39 is 11.7 Å². The van der Waals surface area contributed by atoms with Crippen molar-refractivity contribution in [2.45, 2.75) is 52.6 Å². The van der Waals surface area contributed by atoms with E-state index in [1.54, 1.807) is 13.3 Å². The lowest BCUT2D eigenvalue weighted by molar-refractivity contribution is -0.137. The Morgan fingerprint density at radius 1 is 1.00 bits per heavy atom. The third-order valence-electron chi connectivity index (χ3n) is 7.72. The number of pyridine rings is 1. The van der Waals surface area contributed by atoms with Gasteiger partial charge in [-0.05, 0) is 104 Å². The Labute approximate surface area is 255 Å². The first kappa shape index (κ1) is 32.1. The molecule has 0 spiro atoms. The summed E-state index contributed by atoms with van der Waals surface area (Å²) in [6, 6.07) is 19.6. The van der Waals surface area contributed by atoms with Gasteiger partial charge in [0.2, 0.25) is 6.41 Å². The fourth-order valence-corrected chi connectivity index (χ4v) is 5.60. The van der Waals surface area contributed by atoms with Crippen molar-refractivity contribution in [2.75, 3.05) is 7.11 Å². The Hall–Kier alpha value is -4.79. The van der Waals surface area contributed by atoms with E-state index in [1.807, 2.05) is 56.0 Å². The van der Waals surface area contributed by atoms with Crippen LogP contribution in [0.5, 0.6) is 5.75 Å². The number of hydrogen-bond donors (Lipinski definition) is 1. The van der Waals surface area contributed by atoms with Crippen LogP contribution in [-0.2, 0) is 22.3 Å². The molecule has 2 atom stereocenters. The van der Waals surface area contributed by atoms with Crippen LogP contribution < -0.4 is 10.5 Å². The second-order valence-corrected chi connectivity index (χ2v) is 10.8. The Bertz CT molecular complexity index is 1670. The minimum atomic E-state index is -4.49. The number of aryl methyl sites for hydroxylation is 3. The van der Waals surface area contributed by atoms with Crippen molar-refractivity contribution in [1.29, 1.82) is 0 Å². The van der Waals surface area contributed by atoms with Crippen molar-refractivity contribution in [3.05, 3.63) is 119 Å². The highest BCUT2D eigenvalue weighted by Gasteiger charge is 2.37. The number of methoxy groups -OCH3 is 1. The molecule has 1 fully saturated rings. The van der Waals surface area contributed by atoms with Gasteiger partial charge in [0.05, 0.1) is 18.7 Å². The zero-order chi connectivity index (χ0) is 32.2. The van der Waals surface area contributed by atoms with Gasteiger partial charge in [0, 0.05) is 24.0 Å². The monoisotopic (exact) mass is 603 g/mol. The van der Waals surface area contributed by atoms with E-state index in [2.05, 4.69) is 42.4 Å². The molecule has 0 aliphatic carbocycles. The van der Waals surface area contributed by atoms with Gasteiger partial charge in [-0.2, -0.15) is 13.2 Å². The number of rotatable bonds is 6. The molecule has 2 heterocycles. The van der Waals surface area contributed by atoms with E-state index >= 15 is 0 Å². The van der Waals surface area contributed by atoms with Crippen LogP contribution in [-0.4, -0.2) is 29.4 Å². The molecular weight excluding hydrogens is 567 g/mol. The number of carbonyl (C=O) groups excluding carboxylic acids is 1. The average molecular weight is 604 g/mol. The fraction of sp³-hybridized carbons (Fsp3) is 0.257. The molecule has 2 unspecified atom stereocenters. The summed E-state index contributed by atoms with van der Waals surface area (Å²) in [5, 5.41) is 0. The van der Waals surface area contributed by atoms with Crippen LogP contribution in [0.4, 0.5) is 13.2 Å². The van der Waals surface area contributed by atoms with Gasteiger partial charge in [-0.25, -0.2) is 0 Å². The van der Waals surface area contributed by atoms with E-state index in [9.17, 15) is 13.2 Å². The van der Waals surface area contributed by atoms with E-state index in [0.29, 0.717) is 28.3 Å². The van der Waals surface area contributed by atoms with Gasteiger partial charge in [0.25, 0.3) is 0 Å². The van der Waals surface area contributed by atoms with Gasteiger partial charge in [0.15, 0.2) is 5.88 Å². The van der Waals surface area contributed by atoms with Crippen molar-refractivity contribution in [3.63, 3.8) is 0 Å². The number of carbonyl (C=O) groups is 1. The molecule has 1 aromatic heterocycles. The molecule has 9 heteroatoms. The molecular formula is C35H36F3N3O3. The zero-order valence-electron chi connectivity index (χ0n) is 25.4. The highest BCUT2D eigenvalue weighted by molar-refractivity contribution is 5.80. The quantitative estimate of drug-likeness (QED) is 0.227. The smallest absolute Gasteiger partial charge is 0.416 e. The Balaban J connectivity index is 0.00000141. The predicted molar refractivity (Wildman–Crippen MR) is 166 cm³/mol. The minimum absolute atomic E-state index is 0.171. The van der Waals surface area contributed by atoms with Crippen LogP contribution in [0.2, 0.25) is 0 Å². The SMILES string of the molecule is C=C1OC(c2ccnc(C)c2)C(C)N1Cc1cc(C(F)(F)F)ccc1-c1cc(-c2ccc(C)cc2C)ccc1OC.NC=O. The molecule has 4 aromatic rings. The number of aromatic nitrogens is 1. The fourth-order valence-electron chi connectivity index (χ4n) is 5.60. The largest absolute Gasteiger partial charge is 0.496 e. The van der Waals surface area contributed by atoms with Crippen LogP contribution >= 0.6 is 0 Å². The number of nitrogens with zero attached hydrogens (tertiary/aromatic N) is 2. The minimum Gasteiger partial charge on any atom is -0.496 e. The first-order chi connectivity index (χ1) is 20.9. The highest BCUT2D eigenvalue weighted by Crippen LogP contribution is 2.42. The second-order valence-electron chi connectivity index (χ2n) is 10.8. The summed E-state index contributed by atoms with van der Waals surface area (Å²) in [5.41, 5.74) is 11.4. The van der Waals surface area contributed by atoms with Crippen LogP contribution in [0.25, 0.3) is 22.3 Å². The molecule has 1 amide bonds. The molecule has 6 nitrogen and oxygen atoms in total. The summed E-state index contributed by atoms with van der Waals surface area (Å²) in [4.78, 5) is 14.8. The number of nitrogens with two attached hydrogens (primary N) is 1. The third-order valence-corrected chi connectivity index (χ3v) is 7.72. The van der Waals surface area contributed by atoms with Crippen molar-refractivity contribution >= 4 is 6.41 Å². The van der Waals surface area contributed by atoms with Crippen molar-refractivity contribution in [2.24, 2.45) is 5.73 Å². The second kappa shape index (κ2) is 13.2. The predicted octanol–water partition coefficient (Wildman–Crippen LogP) is 7.90. The third kappa shape index (κ3) is 6.88. The Morgan fingerprint density at radius 3 is 2.34 bits per heavy atom. The van der Waals surface area contributed by atoms with Crippen LogP contribution in [0, 0.1) is 20.8 Å². The molecule has 44 heavy (non-hydrogen) atoms. The first-order valence-corrected chi connectivity index (χ1v) is 14.0. The molecule has 1 aliphatic heterocycles. The summed E-state index contributed by atoms with van der Waals surface area (Å²) < 4.78 is 53.6. The highest BCUT2D eigenvalue weighted by atomic mass is 19.4. The lowest BCUT2D eigenvalue weighted by atomic mass is 9.91. The van der Waals surface area contributed by atoms with Gasteiger partial charge >= 0.3 is 6.18 Å². The van der Waals surface area contributed by atoms with E-state index in [0.717, 1.165) is 39.6 Å². The van der Waals surface area contributed by atoms with Crippen LogP contribution in [0.1, 0.15) is 46.5 Å². The molecule has 1 aliphatic rings. The molecule has 230 valence electrons. The topological polar surface area (TPSA) is 77.7 Å². The number of primary amides is 1. The van der Waals surface area contributed by atoms with E-state index in [4.69, 9.17) is 14.3 Å². The molecule has 0 bridgehead atoms. The summed E-state index contributed by atoms with van der Waals surface area (Å²) in [6.45, 7) is 12.3. The van der Waals surface area contributed by atoms with E-state index in [-0.39, 0.29) is 25.1 Å². The first-order valence-electron chi connectivity index (χ1n) is 14.0. The number of amides is 1. The maximum absolute atomic E-state index is 13.9. The number of ether oxygens (including phenoxy) is 2. The molecule has 2 N–H and O–H groups in total. The number of benzene rings is 3. The number of halogens is 3. The Morgan fingerprint density at radius 2 is 1.70 bits per heavy atom. The zero-order valence-corrected chi connectivity index (χ0v) is 25.4. The number of hydrogen-bond acceptors (Lipinski definition) is 5. The van der Waals surface area contributed by atoms with Gasteiger partial charge in [0.1, 0.15) is 11.9 Å². The van der Waals surface area contributed by atoms with Crippen molar-refractivity contribution < 1.29 is 27.4 Å². The standard InChI is InChI=1S/C34H33F3N2O2.CH3NO/c1-20-7-10-29(21(2)15-20)25-8-12-32(40-6)31(18-25)30-11-9-28(34(35,36)37)17-27(30)19-39-23(4)33(41-24(39)5)26-13-14-38-22(3)16-26;2-1-3/h7-18,23,33H,5,19H2,1-4,6H3;1H,(H2,2,3). The molecule has 0 radical (unpaired) electrons. The number of alkyl halides is 3. The lowest BCUT2D eigenvalue weighted by Gasteiger charge is -2.25. The van der Waals surface area contributed by atoms with E-state index in [1.165, 1.54) is 12.1 Å². The maximum Gasteiger partial charge on any atom is 0.416 e. The summed E-state index contributed by atoms with van der Waals surface area (Å²) >= 11 is 0. The normalized spacial score (nSPS) is 16.2.